The Morgan fingerprint density at radius 2 is 1.85 bits per heavy atom. The van der Waals surface area contributed by atoms with Crippen molar-refractivity contribution in [3.05, 3.63) is 81.6 Å². The van der Waals surface area contributed by atoms with Crippen LogP contribution in [0.25, 0.3) is 0 Å². The third-order valence-corrected chi connectivity index (χ3v) is 7.07. The summed E-state index contributed by atoms with van der Waals surface area (Å²) in [4.78, 5) is 22.5. The van der Waals surface area contributed by atoms with Gasteiger partial charge in [0.05, 0.1) is 11.6 Å². The Morgan fingerprint density at radius 3 is 2.53 bits per heavy atom. The second-order valence-electron chi connectivity index (χ2n) is 9.79. The van der Waals surface area contributed by atoms with Crippen LogP contribution in [0.4, 0.5) is 0 Å². The van der Waals surface area contributed by atoms with Gasteiger partial charge in [-0.2, -0.15) is 5.26 Å². The molecule has 1 fully saturated rings. The number of likely N-dealkylation sites (tertiary alicyclic amines) is 1. The van der Waals surface area contributed by atoms with E-state index >= 15 is 0 Å². The molecule has 0 spiro atoms. The van der Waals surface area contributed by atoms with Gasteiger partial charge in [-0.15, -0.1) is 0 Å². The zero-order chi connectivity index (χ0) is 24.2. The van der Waals surface area contributed by atoms with Crippen molar-refractivity contribution in [3.63, 3.8) is 0 Å². The van der Waals surface area contributed by atoms with Gasteiger partial charge in [0.2, 0.25) is 0 Å². The average Bonchev–Trinajstić information content (AvgIpc) is 3.04. The van der Waals surface area contributed by atoms with Crippen molar-refractivity contribution in [2.45, 2.75) is 52.5 Å². The van der Waals surface area contributed by atoms with Crippen molar-refractivity contribution < 1.29 is 4.79 Å². The summed E-state index contributed by atoms with van der Waals surface area (Å²) in [5.74, 6) is 0.411. The first-order valence-corrected chi connectivity index (χ1v) is 12.2. The number of benzene rings is 2. The van der Waals surface area contributed by atoms with Gasteiger partial charge in [0.15, 0.2) is 0 Å². The maximum Gasteiger partial charge on any atom is 0.254 e. The summed E-state index contributed by atoms with van der Waals surface area (Å²) < 4.78 is 0. The van der Waals surface area contributed by atoms with Gasteiger partial charge in [0.1, 0.15) is 0 Å². The van der Waals surface area contributed by atoms with Gasteiger partial charge in [-0.1, -0.05) is 24.3 Å². The van der Waals surface area contributed by atoms with Crippen LogP contribution in [0.5, 0.6) is 0 Å². The number of nitrogens with zero attached hydrogens (tertiary/aromatic N) is 4. The number of aliphatic imine (C=N–C) groups is 1. The van der Waals surface area contributed by atoms with Gasteiger partial charge in [0, 0.05) is 62.0 Å². The summed E-state index contributed by atoms with van der Waals surface area (Å²) >= 11 is 0. The zero-order valence-electron chi connectivity index (χ0n) is 20.7. The Kier molecular flexibility index (Phi) is 7.29. The maximum absolute atomic E-state index is 13.3. The molecule has 1 amide bonds. The van der Waals surface area contributed by atoms with Crippen molar-refractivity contribution in [1.29, 1.82) is 5.26 Å². The molecule has 0 aromatic heterocycles. The highest BCUT2D eigenvalue weighted by Gasteiger charge is 2.33. The second kappa shape index (κ2) is 10.4. The minimum Gasteiger partial charge on any atom is -0.337 e. The minimum absolute atomic E-state index is 0.0818. The number of hydrogen-bond acceptors (Lipinski definition) is 4. The van der Waals surface area contributed by atoms with E-state index in [1.165, 1.54) is 5.56 Å². The molecule has 2 aliphatic heterocycles. The van der Waals surface area contributed by atoms with Crippen LogP contribution in [0.15, 0.2) is 53.2 Å². The summed E-state index contributed by atoms with van der Waals surface area (Å²) in [6.45, 7) is 12.1. The van der Waals surface area contributed by atoms with E-state index in [9.17, 15) is 4.79 Å². The number of hydrogen-bond donors (Lipinski definition) is 0. The molecule has 176 valence electrons. The van der Waals surface area contributed by atoms with E-state index in [0.717, 1.165) is 53.9 Å². The molecule has 2 aliphatic rings. The SMILES string of the molecule is Cc1cc(C)c(C(=O)N2CC(c3ccc(C#N)cc3)C2)cc1C=NC1=CCCN(C(C)C)CC1. The van der Waals surface area contributed by atoms with E-state index in [0.29, 0.717) is 30.6 Å². The number of aryl methyl sites for hydroxylation is 2. The fraction of sp³-hybridized carbons (Fsp3) is 0.414. The van der Waals surface area contributed by atoms with Crippen molar-refractivity contribution in [1.82, 2.24) is 9.80 Å². The van der Waals surface area contributed by atoms with Gasteiger partial charge in [-0.3, -0.25) is 9.79 Å². The smallest absolute Gasteiger partial charge is 0.254 e. The maximum atomic E-state index is 13.3. The van der Waals surface area contributed by atoms with Crippen molar-refractivity contribution in [2.75, 3.05) is 26.2 Å². The average molecular weight is 455 g/mol. The number of carbonyl (C=O) groups excluding carboxylic acids is 1. The van der Waals surface area contributed by atoms with Crippen LogP contribution in [0, 0.1) is 25.2 Å². The first kappa shape index (κ1) is 23.9. The largest absolute Gasteiger partial charge is 0.337 e. The standard InChI is InChI=1S/C29H34N4O/c1-20(2)32-12-5-6-27(11-13-32)31-17-25-15-28(22(4)14-21(25)3)29(34)33-18-26(19-33)24-9-7-23(16-30)8-10-24/h6-10,14-15,17,20,26H,5,11-13,18-19H2,1-4H3. The monoisotopic (exact) mass is 454 g/mol. The Labute approximate surface area is 203 Å². The van der Waals surface area contributed by atoms with Crippen LogP contribution in [0.2, 0.25) is 0 Å². The second-order valence-corrected chi connectivity index (χ2v) is 9.79. The lowest BCUT2D eigenvalue weighted by Gasteiger charge is -2.40. The third kappa shape index (κ3) is 5.29. The van der Waals surface area contributed by atoms with Crippen molar-refractivity contribution in [2.24, 2.45) is 4.99 Å². The van der Waals surface area contributed by atoms with Crippen LogP contribution in [0.3, 0.4) is 0 Å². The van der Waals surface area contributed by atoms with E-state index in [-0.39, 0.29) is 5.91 Å². The quantitative estimate of drug-likeness (QED) is 0.582. The predicted octanol–water partition coefficient (Wildman–Crippen LogP) is 5.22. The molecule has 5 nitrogen and oxygen atoms in total. The topological polar surface area (TPSA) is 59.7 Å². The van der Waals surface area contributed by atoms with Gasteiger partial charge in [-0.25, -0.2) is 0 Å². The number of rotatable bonds is 5. The highest BCUT2D eigenvalue weighted by molar-refractivity contribution is 5.98. The summed E-state index contributed by atoms with van der Waals surface area (Å²) in [5, 5.41) is 8.98. The van der Waals surface area contributed by atoms with E-state index in [1.807, 2.05) is 48.4 Å². The van der Waals surface area contributed by atoms with Crippen molar-refractivity contribution in [3.8, 4) is 6.07 Å². The summed E-state index contributed by atoms with van der Waals surface area (Å²) in [7, 11) is 0. The first-order chi connectivity index (χ1) is 16.4. The van der Waals surface area contributed by atoms with Crippen LogP contribution in [-0.2, 0) is 0 Å². The first-order valence-electron chi connectivity index (χ1n) is 12.2. The predicted molar refractivity (Wildman–Crippen MR) is 137 cm³/mol. The highest BCUT2D eigenvalue weighted by Crippen LogP contribution is 2.29. The molecule has 2 heterocycles. The van der Waals surface area contributed by atoms with Crippen LogP contribution < -0.4 is 0 Å². The highest BCUT2D eigenvalue weighted by atomic mass is 16.2. The Bertz CT molecular complexity index is 1150. The summed E-state index contributed by atoms with van der Waals surface area (Å²) in [6.07, 6.45) is 6.16. The molecule has 0 unspecified atom stereocenters. The molecule has 0 N–H and O–H groups in total. The minimum atomic E-state index is 0.0818. The van der Waals surface area contributed by atoms with Crippen LogP contribution in [0.1, 0.15) is 70.8 Å². The molecule has 0 bridgehead atoms. The fourth-order valence-electron chi connectivity index (χ4n) is 4.75. The third-order valence-electron chi connectivity index (χ3n) is 7.07. The lowest BCUT2D eigenvalue weighted by atomic mass is 9.89. The molecule has 0 atom stereocenters. The molecule has 0 radical (unpaired) electrons. The molecule has 4 rings (SSSR count). The molecule has 2 aromatic rings. The van der Waals surface area contributed by atoms with Gasteiger partial charge in [0.25, 0.3) is 5.91 Å². The van der Waals surface area contributed by atoms with E-state index in [2.05, 4.69) is 43.9 Å². The lowest BCUT2D eigenvalue weighted by Crippen LogP contribution is -2.48. The van der Waals surface area contributed by atoms with Gasteiger partial charge >= 0.3 is 0 Å². The Hall–Kier alpha value is -3.23. The van der Waals surface area contributed by atoms with Crippen molar-refractivity contribution >= 4 is 12.1 Å². The molecule has 1 saturated heterocycles. The van der Waals surface area contributed by atoms with E-state index < -0.39 is 0 Å². The molecule has 34 heavy (non-hydrogen) atoms. The molecule has 0 saturated carbocycles. The molecular formula is C29H34N4O. The van der Waals surface area contributed by atoms with E-state index in [1.54, 1.807) is 0 Å². The summed E-state index contributed by atoms with van der Waals surface area (Å²) in [5.41, 5.74) is 6.87. The number of carbonyl (C=O) groups is 1. The number of amides is 1. The lowest BCUT2D eigenvalue weighted by molar-refractivity contribution is 0.0601. The normalized spacial score (nSPS) is 17.4. The number of nitriles is 1. The fourth-order valence-corrected chi connectivity index (χ4v) is 4.75. The van der Waals surface area contributed by atoms with Gasteiger partial charge in [-0.05, 0) is 74.6 Å². The molecule has 2 aromatic carbocycles. The Balaban J connectivity index is 1.43. The zero-order valence-corrected chi connectivity index (χ0v) is 20.7. The molecule has 0 aliphatic carbocycles. The van der Waals surface area contributed by atoms with Gasteiger partial charge < -0.3 is 9.80 Å². The Morgan fingerprint density at radius 1 is 1.12 bits per heavy atom. The molecule has 5 heteroatoms. The van der Waals surface area contributed by atoms with Crippen LogP contribution in [-0.4, -0.2) is 54.1 Å². The molecular weight excluding hydrogens is 420 g/mol. The van der Waals surface area contributed by atoms with Crippen LogP contribution >= 0.6 is 0 Å². The summed E-state index contributed by atoms with van der Waals surface area (Å²) in [6, 6.07) is 14.5. The van der Waals surface area contributed by atoms with E-state index in [4.69, 9.17) is 10.3 Å².